The molecule has 1 N–H and O–H groups in total. The minimum Gasteiger partial charge on any atom is -0.386 e. The van der Waals surface area contributed by atoms with Crippen LogP contribution >= 0.6 is 15.9 Å². The van der Waals surface area contributed by atoms with Gasteiger partial charge < -0.3 is 5.32 Å². The highest BCUT2D eigenvalue weighted by Gasteiger charge is 2.21. The monoisotopic (exact) mass is 370 g/mol. The van der Waals surface area contributed by atoms with Crippen molar-refractivity contribution in [3.8, 4) is 0 Å². The second-order valence-electron chi connectivity index (χ2n) is 6.22. The molecule has 2 aromatic rings. The van der Waals surface area contributed by atoms with Crippen molar-refractivity contribution in [2.75, 3.05) is 12.4 Å². The van der Waals surface area contributed by atoms with E-state index in [1.807, 2.05) is 13.1 Å². The van der Waals surface area contributed by atoms with Crippen LogP contribution in [-0.4, -0.2) is 13.3 Å². The molecule has 0 spiro atoms. The van der Waals surface area contributed by atoms with Crippen LogP contribution in [0.4, 0.5) is 11.4 Å². The minimum absolute atomic E-state index is 0.572. The molecular weight excluding hydrogens is 348 g/mol. The Kier molecular flexibility index (Phi) is 5.50. The summed E-state index contributed by atoms with van der Waals surface area (Å²) >= 11 is 3.51. The highest BCUT2D eigenvalue weighted by Crippen LogP contribution is 2.36. The van der Waals surface area contributed by atoms with Gasteiger partial charge in [-0.3, -0.25) is 4.99 Å². The first-order valence-electron chi connectivity index (χ1n) is 8.32. The third-order valence-corrected chi connectivity index (χ3v) is 5.13. The molecule has 0 radical (unpaired) electrons. The van der Waals surface area contributed by atoms with E-state index in [0.717, 1.165) is 15.8 Å². The van der Waals surface area contributed by atoms with E-state index in [4.69, 9.17) is 4.99 Å². The average Bonchev–Trinajstić information content (AvgIpc) is 2.61. The zero-order chi connectivity index (χ0) is 16.1. The molecule has 1 fully saturated rings. The van der Waals surface area contributed by atoms with Gasteiger partial charge in [-0.1, -0.05) is 52.7 Å². The van der Waals surface area contributed by atoms with Crippen LogP contribution in [-0.2, 0) is 0 Å². The number of nitrogens with zero attached hydrogens (tertiary/aromatic N) is 1. The SMILES string of the molecule is CNc1cc(Br)ccc1N=CC1CCCC(c2ccccc2)C1. The zero-order valence-corrected chi connectivity index (χ0v) is 15.1. The fourth-order valence-corrected chi connectivity index (χ4v) is 3.76. The van der Waals surface area contributed by atoms with Crippen molar-refractivity contribution in [2.24, 2.45) is 10.9 Å². The molecule has 0 bridgehead atoms. The van der Waals surface area contributed by atoms with E-state index in [1.165, 1.54) is 31.2 Å². The van der Waals surface area contributed by atoms with Crippen molar-refractivity contribution in [3.05, 3.63) is 58.6 Å². The Bertz CT molecular complexity index is 667. The molecule has 120 valence electrons. The van der Waals surface area contributed by atoms with E-state index >= 15 is 0 Å². The molecule has 0 aliphatic heterocycles. The van der Waals surface area contributed by atoms with Crippen LogP contribution in [0.15, 0.2) is 58.0 Å². The molecule has 2 nitrogen and oxygen atoms in total. The predicted octanol–water partition coefficient (Wildman–Crippen LogP) is 6.17. The molecule has 3 rings (SSSR count). The first-order valence-corrected chi connectivity index (χ1v) is 9.12. The fourth-order valence-electron chi connectivity index (χ4n) is 3.40. The lowest BCUT2D eigenvalue weighted by molar-refractivity contribution is 0.394. The smallest absolute Gasteiger partial charge is 0.0857 e. The van der Waals surface area contributed by atoms with Crippen molar-refractivity contribution in [3.63, 3.8) is 0 Å². The Morgan fingerprint density at radius 1 is 1.13 bits per heavy atom. The lowest BCUT2D eigenvalue weighted by atomic mass is 9.78. The highest BCUT2D eigenvalue weighted by molar-refractivity contribution is 9.10. The van der Waals surface area contributed by atoms with Crippen LogP contribution in [0.25, 0.3) is 0 Å². The van der Waals surface area contributed by atoms with Gasteiger partial charge in [-0.15, -0.1) is 0 Å². The summed E-state index contributed by atoms with van der Waals surface area (Å²) in [4.78, 5) is 4.76. The number of hydrogen-bond donors (Lipinski definition) is 1. The number of benzene rings is 2. The number of hydrogen-bond acceptors (Lipinski definition) is 2. The second kappa shape index (κ2) is 7.78. The highest BCUT2D eigenvalue weighted by atomic mass is 79.9. The topological polar surface area (TPSA) is 24.4 Å². The van der Waals surface area contributed by atoms with Gasteiger partial charge in [0.05, 0.1) is 11.4 Å². The summed E-state index contributed by atoms with van der Waals surface area (Å²) < 4.78 is 1.07. The third kappa shape index (κ3) is 4.23. The van der Waals surface area contributed by atoms with Gasteiger partial charge in [-0.2, -0.15) is 0 Å². The first kappa shape index (κ1) is 16.3. The summed E-state index contributed by atoms with van der Waals surface area (Å²) in [6, 6.07) is 17.1. The van der Waals surface area contributed by atoms with Crippen LogP contribution in [0, 0.1) is 5.92 Å². The first-order chi connectivity index (χ1) is 11.3. The van der Waals surface area contributed by atoms with Crippen molar-refractivity contribution < 1.29 is 0 Å². The average molecular weight is 371 g/mol. The van der Waals surface area contributed by atoms with Crippen LogP contribution in [0.3, 0.4) is 0 Å². The summed E-state index contributed by atoms with van der Waals surface area (Å²) in [5.74, 6) is 1.25. The molecule has 3 heteroatoms. The standard InChI is InChI=1S/C20H23BrN2/c1-22-20-13-18(21)10-11-19(20)23-14-15-6-5-9-17(12-15)16-7-3-2-4-8-16/h2-4,7-8,10-11,13-15,17,22H,5-6,9,12H2,1H3. The van der Waals surface area contributed by atoms with Crippen LogP contribution < -0.4 is 5.32 Å². The third-order valence-electron chi connectivity index (χ3n) is 4.64. The normalized spacial score (nSPS) is 21.5. The van der Waals surface area contributed by atoms with Crippen molar-refractivity contribution >= 4 is 33.5 Å². The van der Waals surface area contributed by atoms with Gasteiger partial charge in [0.2, 0.25) is 0 Å². The number of halogens is 1. The molecule has 0 amide bonds. The minimum atomic E-state index is 0.572. The molecule has 1 aliphatic rings. The van der Waals surface area contributed by atoms with E-state index in [0.29, 0.717) is 11.8 Å². The predicted molar refractivity (Wildman–Crippen MR) is 103 cm³/mol. The summed E-state index contributed by atoms with van der Waals surface area (Å²) in [6.45, 7) is 0. The van der Waals surface area contributed by atoms with Gasteiger partial charge in [0, 0.05) is 17.7 Å². The zero-order valence-electron chi connectivity index (χ0n) is 13.5. The molecule has 2 unspecified atom stereocenters. The van der Waals surface area contributed by atoms with Gasteiger partial charge in [-0.05, 0) is 54.9 Å². The summed E-state index contributed by atoms with van der Waals surface area (Å²) in [6.07, 6.45) is 7.21. The lowest BCUT2D eigenvalue weighted by Crippen LogP contribution is -2.15. The van der Waals surface area contributed by atoms with Gasteiger partial charge in [-0.25, -0.2) is 0 Å². The molecule has 0 saturated heterocycles. The van der Waals surface area contributed by atoms with Crippen molar-refractivity contribution in [1.82, 2.24) is 0 Å². The molecule has 2 atom stereocenters. The molecule has 23 heavy (non-hydrogen) atoms. The quantitative estimate of drug-likeness (QED) is 0.639. The van der Waals surface area contributed by atoms with Gasteiger partial charge in [0.1, 0.15) is 0 Å². The number of nitrogens with one attached hydrogen (secondary N) is 1. The fraction of sp³-hybridized carbons (Fsp3) is 0.350. The molecule has 0 aromatic heterocycles. The van der Waals surface area contributed by atoms with Crippen LogP contribution in [0.1, 0.15) is 37.2 Å². The van der Waals surface area contributed by atoms with Crippen LogP contribution in [0.5, 0.6) is 0 Å². The molecule has 2 aromatic carbocycles. The van der Waals surface area contributed by atoms with E-state index in [2.05, 4.69) is 69.9 Å². The van der Waals surface area contributed by atoms with E-state index < -0.39 is 0 Å². The number of rotatable bonds is 4. The summed E-state index contributed by atoms with van der Waals surface area (Å²) in [5.41, 5.74) is 3.55. The van der Waals surface area contributed by atoms with Crippen molar-refractivity contribution in [1.29, 1.82) is 0 Å². The maximum Gasteiger partial charge on any atom is 0.0857 e. The molecule has 1 saturated carbocycles. The summed E-state index contributed by atoms with van der Waals surface area (Å²) in [7, 11) is 1.94. The Morgan fingerprint density at radius 3 is 2.74 bits per heavy atom. The van der Waals surface area contributed by atoms with Crippen molar-refractivity contribution in [2.45, 2.75) is 31.6 Å². The molecular formula is C20H23BrN2. The Labute approximate surface area is 147 Å². The van der Waals surface area contributed by atoms with Gasteiger partial charge in [0.25, 0.3) is 0 Å². The molecule has 0 heterocycles. The van der Waals surface area contributed by atoms with E-state index in [1.54, 1.807) is 0 Å². The summed E-state index contributed by atoms with van der Waals surface area (Å²) in [5, 5.41) is 3.22. The lowest BCUT2D eigenvalue weighted by Gasteiger charge is -2.27. The van der Waals surface area contributed by atoms with Gasteiger partial charge in [0.15, 0.2) is 0 Å². The maximum atomic E-state index is 4.76. The molecule has 1 aliphatic carbocycles. The number of anilines is 1. The van der Waals surface area contributed by atoms with E-state index in [-0.39, 0.29) is 0 Å². The Morgan fingerprint density at radius 2 is 1.96 bits per heavy atom. The largest absolute Gasteiger partial charge is 0.386 e. The van der Waals surface area contributed by atoms with Crippen LogP contribution in [0.2, 0.25) is 0 Å². The Hall–Kier alpha value is -1.61. The maximum absolute atomic E-state index is 4.76. The second-order valence-corrected chi connectivity index (χ2v) is 7.14. The Balaban J connectivity index is 1.70. The van der Waals surface area contributed by atoms with Gasteiger partial charge >= 0.3 is 0 Å². The van der Waals surface area contributed by atoms with E-state index in [9.17, 15) is 0 Å². The number of aliphatic imine (C=N–C) groups is 1.